The minimum Gasteiger partial charge on any atom is -0.443 e. The summed E-state index contributed by atoms with van der Waals surface area (Å²) in [6.07, 6.45) is 1.92. The summed E-state index contributed by atoms with van der Waals surface area (Å²) in [5.74, 6) is -0.308. The molecular weight excluding hydrogens is 202 g/mol. The summed E-state index contributed by atoms with van der Waals surface area (Å²) in [5, 5.41) is 0. The second kappa shape index (κ2) is 7.44. The summed E-state index contributed by atoms with van der Waals surface area (Å²) >= 11 is 0. The topological polar surface area (TPSA) is 29.5 Å². The highest BCUT2D eigenvalue weighted by Gasteiger charge is 2.21. The monoisotopic (exact) mass is 227 g/mol. The van der Waals surface area contributed by atoms with Crippen molar-refractivity contribution in [1.82, 2.24) is 4.90 Å². The van der Waals surface area contributed by atoms with E-state index in [1.54, 1.807) is 6.92 Å². The van der Waals surface area contributed by atoms with Gasteiger partial charge in [-0.1, -0.05) is 20.4 Å². The van der Waals surface area contributed by atoms with Crippen LogP contribution in [0.2, 0.25) is 0 Å². The molecule has 0 N–H and O–H groups in total. The van der Waals surface area contributed by atoms with Gasteiger partial charge in [0.15, 0.2) is 6.23 Å². The smallest absolute Gasteiger partial charge is 0.334 e. The summed E-state index contributed by atoms with van der Waals surface area (Å²) in [4.78, 5) is 13.6. The quantitative estimate of drug-likeness (QED) is 0.380. The lowest BCUT2D eigenvalue weighted by Crippen LogP contribution is -2.43. The van der Waals surface area contributed by atoms with Gasteiger partial charge in [0.2, 0.25) is 0 Å². The van der Waals surface area contributed by atoms with Crippen molar-refractivity contribution in [1.29, 1.82) is 0 Å². The zero-order chi connectivity index (χ0) is 12.7. The van der Waals surface area contributed by atoms with E-state index in [0.717, 1.165) is 19.4 Å². The van der Waals surface area contributed by atoms with E-state index in [0.29, 0.717) is 11.6 Å². The van der Waals surface area contributed by atoms with Crippen molar-refractivity contribution in [2.45, 2.75) is 59.7 Å². The van der Waals surface area contributed by atoms with Gasteiger partial charge in [0.05, 0.1) is 0 Å². The maximum atomic E-state index is 11.4. The Morgan fingerprint density at radius 2 is 1.94 bits per heavy atom. The minimum absolute atomic E-state index is 0.181. The lowest BCUT2D eigenvalue weighted by Gasteiger charge is -2.33. The van der Waals surface area contributed by atoms with Crippen molar-refractivity contribution in [2.75, 3.05) is 6.54 Å². The van der Waals surface area contributed by atoms with Crippen molar-refractivity contribution >= 4 is 5.97 Å². The summed E-state index contributed by atoms with van der Waals surface area (Å²) in [7, 11) is 0. The molecule has 0 aliphatic carbocycles. The predicted molar refractivity (Wildman–Crippen MR) is 67.1 cm³/mol. The normalized spacial score (nSPS) is 14.6. The Bertz CT molecular complexity index is 238. The zero-order valence-electron chi connectivity index (χ0n) is 11.2. The molecule has 94 valence electrons. The molecule has 0 rings (SSSR count). The Hall–Kier alpha value is -0.830. The molecule has 0 aromatic rings. The van der Waals surface area contributed by atoms with Crippen LogP contribution in [0.3, 0.4) is 0 Å². The standard InChI is InChI=1S/C13H25NO2/c1-7-9-14(11(5)8-2)12(6)16-13(15)10(3)4/h11-12H,3,7-9H2,1-2,4-6H3. The molecule has 0 aromatic carbocycles. The molecule has 0 heterocycles. The summed E-state index contributed by atoms with van der Waals surface area (Å²) in [6.45, 7) is 14.5. The Balaban J connectivity index is 4.43. The molecule has 2 unspecified atom stereocenters. The fourth-order valence-corrected chi connectivity index (χ4v) is 1.58. The molecule has 16 heavy (non-hydrogen) atoms. The van der Waals surface area contributed by atoms with Crippen LogP contribution in [0.5, 0.6) is 0 Å². The average Bonchev–Trinajstić information content (AvgIpc) is 2.24. The van der Waals surface area contributed by atoms with Gasteiger partial charge in [0.25, 0.3) is 0 Å². The molecule has 0 saturated carbocycles. The van der Waals surface area contributed by atoms with Crippen LogP contribution in [0.25, 0.3) is 0 Å². The number of ether oxygens (including phenoxy) is 1. The third-order valence-electron chi connectivity index (χ3n) is 2.73. The molecule has 0 amide bonds. The van der Waals surface area contributed by atoms with Crippen molar-refractivity contribution in [3.8, 4) is 0 Å². The van der Waals surface area contributed by atoms with Crippen molar-refractivity contribution in [2.24, 2.45) is 0 Å². The number of carbonyl (C=O) groups excluding carboxylic acids is 1. The molecule has 2 atom stereocenters. The third kappa shape index (κ3) is 4.79. The van der Waals surface area contributed by atoms with Gasteiger partial charge >= 0.3 is 5.97 Å². The first-order valence-corrected chi connectivity index (χ1v) is 6.06. The highest BCUT2D eigenvalue weighted by molar-refractivity contribution is 5.87. The van der Waals surface area contributed by atoms with Gasteiger partial charge in [-0.15, -0.1) is 0 Å². The van der Waals surface area contributed by atoms with Crippen LogP contribution < -0.4 is 0 Å². The first-order chi connectivity index (χ1) is 7.43. The van der Waals surface area contributed by atoms with Gasteiger partial charge in [0, 0.05) is 18.2 Å². The molecular formula is C13H25NO2. The molecule has 0 aliphatic rings. The largest absolute Gasteiger partial charge is 0.443 e. The van der Waals surface area contributed by atoms with E-state index >= 15 is 0 Å². The first-order valence-electron chi connectivity index (χ1n) is 6.06. The SMILES string of the molecule is C=C(C)C(=O)OC(C)N(CCC)C(C)CC. The second-order valence-corrected chi connectivity index (χ2v) is 4.28. The number of nitrogens with zero attached hydrogens (tertiary/aromatic N) is 1. The van der Waals surface area contributed by atoms with Crippen LogP contribution in [-0.4, -0.2) is 29.7 Å². The van der Waals surface area contributed by atoms with Gasteiger partial charge in [-0.2, -0.15) is 0 Å². The van der Waals surface area contributed by atoms with E-state index in [-0.39, 0.29) is 12.2 Å². The Labute approximate surface area is 99.5 Å². The lowest BCUT2D eigenvalue weighted by molar-refractivity contribution is -0.154. The fourth-order valence-electron chi connectivity index (χ4n) is 1.58. The highest BCUT2D eigenvalue weighted by atomic mass is 16.6. The van der Waals surface area contributed by atoms with Gasteiger partial charge in [-0.3, -0.25) is 4.90 Å². The number of rotatable bonds is 7. The summed E-state index contributed by atoms with van der Waals surface area (Å²) < 4.78 is 5.34. The molecule has 0 aliphatic heterocycles. The Morgan fingerprint density at radius 1 is 1.38 bits per heavy atom. The van der Waals surface area contributed by atoms with Gasteiger partial charge in [0.1, 0.15) is 0 Å². The number of hydrogen-bond donors (Lipinski definition) is 0. The van der Waals surface area contributed by atoms with E-state index in [1.807, 2.05) is 6.92 Å². The Kier molecular flexibility index (Phi) is 7.06. The number of carbonyl (C=O) groups is 1. The highest BCUT2D eigenvalue weighted by Crippen LogP contribution is 2.12. The van der Waals surface area contributed by atoms with E-state index in [2.05, 4.69) is 32.3 Å². The van der Waals surface area contributed by atoms with Gasteiger partial charge in [-0.05, 0) is 33.6 Å². The summed E-state index contributed by atoms with van der Waals surface area (Å²) in [5.41, 5.74) is 0.451. The van der Waals surface area contributed by atoms with Crippen molar-refractivity contribution < 1.29 is 9.53 Å². The van der Waals surface area contributed by atoms with Crippen LogP contribution in [-0.2, 0) is 9.53 Å². The molecule has 3 nitrogen and oxygen atoms in total. The maximum absolute atomic E-state index is 11.4. The van der Waals surface area contributed by atoms with Crippen molar-refractivity contribution in [3.05, 3.63) is 12.2 Å². The van der Waals surface area contributed by atoms with Gasteiger partial charge < -0.3 is 4.74 Å². The van der Waals surface area contributed by atoms with E-state index in [1.165, 1.54) is 0 Å². The van der Waals surface area contributed by atoms with E-state index in [9.17, 15) is 4.79 Å². The first kappa shape index (κ1) is 15.2. The van der Waals surface area contributed by atoms with E-state index in [4.69, 9.17) is 4.74 Å². The van der Waals surface area contributed by atoms with Crippen LogP contribution in [0.1, 0.15) is 47.5 Å². The fraction of sp³-hybridized carbons (Fsp3) is 0.769. The molecule has 0 spiro atoms. The van der Waals surface area contributed by atoms with Gasteiger partial charge in [-0.25, -0.2) is 4.79 Å². The lowest BCUT2D eigenvalue weighted by atomic mass is 10.2. The third-order valence-corrected chi connectivity index (χ3v) is 2.73. The number of hydrogen-bond acceptors (Lipinski definition) is 3. The van der Waals surface area contributed by atoms with Crippen LogP contribution in [0.4, 0.5) is 0 Å². The molecule has 0 fully saturated rings. The molecule has 0 aromatic heterocycles. The molecule has 3 heteroatoms. The summed E-state index contributed by atoms with van der Waals surface area (Å²) in [6, 6.07) is 0.424. The van der Waals surface area contributed by atoms with Crippen molar-refractivity contribution in [3.63, 3.8) is 0 Å². The van der Waals surface area contributed by atoms with Crippen LogP contribution in [0, 0.1) is 0 Å². The molecule has 0 radical (unpaired) electrons. The number of esters is 1. The molecule has 0 saturated heterocycles. The molecule has 0 bridgehead atoms. The van der Waals surface area contributed by atoms with E-state index < -0.39 is 0 Å². The minimum atomic E-state index is -0.308. The maximum Gasteiger partial charge on any atom is 0.334 e. The zero-order valence-corrected chi connectivity index (χ0v) is 11.2. The predicted octanol–water partition coefficient (Wildman–Crippen LogP) is 2.96. The van der Waals surface area contributed by atoms with Crippen LogP contribution >= 0.6 is 0 Å². The van der Waals surface area contributed by atoms with Crippen LogP contribution in [0.15, 0.2) is 12.2 Å². The average molecular weight is 227 g/mol. The Morgan fingerprint density at radius 3 is 2.31 bits per heavy atom. The second-order valence-electron chi connectivity index (χ2n) is 4.28.